The number of para-hydroxylation sites is 1. The quantitative estimate of drug-likeness (QED) is 0.834. The first kappa shape index (κ1) is 13.9. The summed E-state index contributed by atoms with van der Waals surface area (Å²) in [5.41, 5.74) is 2.22. The number of piperazine rings is 1. The summed E-state index contributed by atoms with van der Waals surface area (Å²) < 4.78 is 0. The van der Waals surface area contributed by atoms with Crippen LogP contribution in [0.4, 0.5) is 5.69 Å². The number of nitrogens with zero attached hydrogens (tertiary/aromatic N) is 2. The fourth-order valence-electron chi connectivity index (χ4n) is 2.98. The molecule has 21 heavy (non-hydrogen) atoms. The van der Waals surface area contributed by atoms with Gasteiger partial charge in [0.05, 0.1) is 6.54 Å². The molecule has 1 fully saturated rings. The number of amides is 1. The number of hydrogen-bond donors (Lipinski definition) is 2. The molecule has 1 atom stereocenters. The number of nitrogens with one attached hydrogen (secondary N) is 1. The monoisotopic (exact) mass is 289 g/mol. The molecule has 6 heteroatoms. The van der Waals surface area contributed by atoms with E-state index in [1.165, 1.54) is 5.56 Å². The van der Waals surface area contributed by atoms with Gasteiger partial charge in [-0.05, 0) is 11.6 Å². The van der Waals surface area contributed by atoms with Crippen LogP contribution in [0.15, 0.2) is 24.3 Å². The maximum Gasteiger partial charge on any atom is 0.317 e. The highest BCUT2D eigenvalue weighted by Gasteiger charge is 2.31. The molecule has 0 aliphatic carbocycles. The maximum absolute atomic E-state index is 12.5. The van der Waals surface area contributed by atoms with Crippen LogP contribution in [0.1, 0.15) is 5.56 Å². The second-order valence-corrected chi connectivity index (χ2v) is 5.55. The number of aliphatic carboxylic acids is 1. The highest BCUT2D eigenvalue weighted by atomic mass is 16.4. The first-order valence-electron chi connectivity index (χ1n) is 7.21. The van der Waals surface area contributed by atoms with Crippen LogP contribution < -0.4 is 5.32 Å². The number of benzene rings is 1. The fraction of sp³-hybridized carbons (Fsp3) is 0.467. The van der Waals surface area contributed by atoms with Gasteiger partial charge < -0.3 is 15.3 Å². The van der Waals surface area contributed by atoms with Crippen molar-refractivity contribution < 1.29 is 14.7 Å². The lowest BCUT2D eigenvalue weighted by Crippen LogP contribution is -2.53. The van der Waals surface area contributed by atoms with Gasteiger partial charge in [-0.2, -0.15) is 0 Å². The lowest BCUT2D eigenvalue weighted by Gasteiger charge is -2.35. The SMILES string of the molecule is O=C(O)CN1CCN(C(=O)[C@@H]2Cc3ccccc3N2)CC1. The van der Waals surface area contributed by atoms with Gasteiger partial charge in [-0.3, -0.25) is 14.5 Å². The van der Waals surface area contributed by atoms with E-state index in [0.717, 1.165) is 12.1 Å². The molecule has 2 aliphatic heterocycles. The van der Waals surface area contributed by atoms with Crippen LogP contribution in [0.3, 0.4) is 0 Å². The first-order chi connectivity index (χ1) is 10.1. The third kappa shape index (κ3) is 3.00. The van der Waals surface area contributed by atoms with Gasteiger partial charge in [-0.25, -0.2) is 0 Å². The van der Waals surface area contributed by atoms with Gasteiger partial charge >= 0.3 is 5.97 Å². The fourth-order valence-corrected chi connectivity index (χ4v) is 2.98. The summed E-state index contributed by atoms with van der Waals surface area (Å²) in [5, 5.41) is 12.1. The van der Waals surface area contributed by atoms with Crippen molar-refractivity contribution in [1.29, 1.82) is 0 Å². The molecule has 0 aromatic heterocycles. The number of carbonyl (C=O) groups is 2. The van der Waals surface area contributed by atoms with E-state index < -0.39 is 5.97 Å². The molecule has 2 heterocycles. The summed E-state index contributed by atoms with van der Waals surface area (Å²) >= 11 is 0. The Kier molecular flexibility index (Phi) is 3.79. The van der Waals surface area contributed by atoms with Crippen LogP contribution in [0.5, 0.6) is 0 Å². The van der Waals surface area contributed by atoms with E-state index in [1.54, 1.807) is 0 Å². The van der Waals surface area contributed by atoms with Crippen LogP contribution in [-0.4, -0.2) is 65.5 Å². The third-order valence-electron chi connectivity index (χ3n) is 4.11. The van der Waals surface area contributed by atoms with Crippen LogP contribution in [0.2, 0.25) is 0 Å². The Hall–Kier alpha value is -2.08. The molecular formula is C15H19N3O3. The Labute approximate surface area is 123 Å². The number of carboxylic acid groups (broad SMARTS) is 1. The van der Waals surface area contributed by atoms with Crippen molar-refractivity contribution in [3.8, 4) is 0 Å². The molecule has 2 aliphatic rings. The van der Waals surface area contributed by atoms with Crippen molar-refractivity contribution in [2.75, 3.05) is 38.0 Å². The highest BCUT2D eigenvalue weighted by molar-refractivity contribution is 5.87. The van der Waals surface area contributed by atoms with Gasteiger partial charge in [0.2, 0.25) is 5.91 Å². The predicted octanol–water partition coefficient (Wildman–Crippen LogP) is 0.252. The Morgan fingerprint density at radius 1 is 1.19 bits per heavy atom. The van der Waals surface area contributed by atoms with E-state index in [1.807, 2.05) is 34.1 Å². The molecule has 2 N–H and O–H groups in total. The predicted molar refractivity (Wildman–Crippen MR) is 78.2 cm³/mol. The van der Waals surface area contributed by atoms with Crippen molar-refractivity contribution in [3.63, 3.8) is 0 Å². The molecule has 1 aromatic rings. The van der Waals surface area contributed by atoms with E-state index >= 15 is 0 Å². The maximum atomic E-state index is 12.5. The minimum absolute atomic E-state index is 0.0507. The number of carboxylic acids is 1. The van der Waals surface area contributed by atoms with Crippen LogP contribution in [0, 0.1) is 0 Å². The van der Waals surface area contributed by atoms with Gasteiger partial charge in [0.1, 0.15) is 6.04 Å². The Morgan fingerprint density at radius 3 is 2.57 bits per heavy atom. The normalized spacial score (nSPS) is 21.7. The van der Waals surface area contributed by atoms with Gasteiger partial charge in [-0.15, -0.1) is 0 Å². The molecule has 0 bridgehead atoms. The second kappa shape index (κ2) is 5.73. The van der Waals surface area contributed by atoms with Crippen LogP contribution in [-0.2, 0) is 16.0 Å². The smallest absolute Gasteiger partial charge is 0.317 e. The first-order valence-corrected chi connectivity index (χ1v) is 7.21. The number of hydrogen-bond acceptors (Lipinski definition) is 4. The lowest BCUT2D eigenvalue weighted by atomic mass is 10.1. The van der Waals surface area contributed by atoms with E-state index in [-0.39, 0.29) is 18.5 Å². The second-order valence-electron chi connectivity index (χ2n) is 5.55. The summed E-state index contributed by atoms with van der Waals surface area (Å²) in [6.07, 6.45) is 0.727. The molecule has 3 rings (SSSR count). The Bertz CT molecular complexity index is 528. The minimum Gasteiger partial charge on any atom is -0.480 e. The van der Waals surface area contributed by atoms with Gasteiger partial charge in [-0.1, -0.05) is 18.2 Å². The van der Waals surface area contributed by atoms with Gasteiger partial charge in [0.15, 0.2) is 0 Å². The van der Waals surface area contributed by atoms with Crippen molar-refractivity contribution in [3.05, 3.63) is 29.8 Å². The topological polar surface area (TPSA) is 72.9 Å². The molecule has 6 nitrogen and oxygen atoms in total. The van der Waals surface area contributed by atoms with Crippen molar-refractivity contribution in [2.45, 2.75) is 12.5 Å². The molecule has 0 unspecified atom stereocenters. The molecule has 0 radical (unpaired) electrons. The Morgan fingerprint density at radius 2 is 1.90 bits per heavy atom. The largest absolute Gasteiger partial charge is 0.480 e. The molecule has 112 valence electrons. The zero-order chi connectivity index (χ0) is 14.8. The highest BCUT2D eigenvalue weighted by Crippen LogP contribution is 2.26. The molecule has 1 amide bonds. The van der Waals surface area contributed by atoms with Crippen molar-refractivity contribution in [2.24, 2.45) is 0 Å². The average Bonchev–Trinajstić information content (AvgIpc) is 2.90. The van der Waals surface area contributed by atoms with Crippen molar-refractivity contribution in [1.82, 2.24) is 9.80 Å². The summed E-state index contributed by atoms with van der Waals surface area (Å²) in [7, 11) is 0. The lowest BCUT2D eigenvalue weighted by molar-refractivity contribution is -0.139. The van der Waals surface area contributed by atoms with Crippen molar-refractivity contribution >= 4 is 17.6 Å². The van der Waals surface area contributed by atoms with Crippen LogP contribution >= 0.6 is 0 Å². The molecular weight excluding hydrogens is 270 g/mol. The van der Waals surface area contributed by atoms with Gasteiger partial charge in [0.25, 0.3) is 0 Å². The van der Waals surface area contributed by atoms with E-state index in [2.05, 4.69) is 5.32 Å². The molecule has 1 saturated heterocycles. The molecule has 0 saturated carbocycles. The standard InChI is InChI=1S/C15H19N3O3/c19-14(20)10-17-5-7-18(8-6-17)15(21)13-9-11-3-1-2-4-12(11)16-13/h1-4,13,16H,5-10H2,(H,19,20)/t13-/m0/s1. The zero-order valence-electron chi connectivity index (χ0n) is 11.8. The van der Waals surface area contributed by atoms with E-state index in [4.69, 9.17) is 5.11 Å². The minimum atomic E-state index is -0.817. The van der Waals surface area contributed by atoms with Gasteiger partial charge in [0, 0.05) is 38.3 Å². The van der Waals surface area contributed by atoms with E-state index in [9.17, 15) is 9.59 Å². The number of carbonyl (C=O) groups excluding carboxylic acids is 1. The van der Waals surface area contributed by atoms with Crippen LogP contribution in [0.25, 0.3) is 0 Å². The Balaban J connectivity index is 1.55. The summed E-state index contributed by atoms with van der Waals surface area (Å²) in [5.74, 6) is -0.705. The zero-order valence-corrected chi connectivity index (χ0v) is 11.8. The van der Waals surface area contributed by atoms with E-state index in [0.29, 0.717) is 26.2 Å². The summed E-state index contributed by atoms with van der Waals surface area (Å²) in [4.78, 5) is 26.9. The number of anilines is 1. The third-order valence-corrected chi connectivity index (χ3v) is 4.11. The molecule has 1 aromatic carbocycles. The molecule has 0 spiro atoms. The average molecular weight is 289 g/mol. The summed E-state index contributed by atoms with van der Waals surface area (Å²) in [6, 6.07) is 7.79. The number of fused-ring (bicyclic) bond motifs is 1. The number of rotatable bonds is 3. The summed E-state index contributed by atoms with van der Waals surface area (Å²) in [6.45, 7) is 2.49.